The van der Waals surface area contributed by atoms with Crippen LogP contribution in [0.4, 0.5) is 0 Å². The quantitative estimate of drug-likeness (QED) is 0.462. The van der Waals surface area contributed by atoms with Crippen molar-refractivity contribution in [1.29, 1.82) is 0 Å². The fourth-order valence-electron chi connectivity index (χ4n) is 2.01. The summed E-state index contributed by atoms with van der Waals surface area (Å²) in [4.78, 5) is 35.1. The Morgan fingerprint density at radius 3 is 2.65 bits per heavy atom. The minimum Gasteiger partial charge on any atom is -0.462 e. The third-order valence-corrected chi connectivity index (χ3v) is 3.17. The van der Waals surface area contributed by atoms with Gasteiger partial charge < -0.3 is 13.9 Å². The van der Waals surface area contributed by atoms with E-state index in [1.165, 1.54) is 12.1 Å². The third-order valence-electron chi connectivity index (χ3n) is 3.17. The van der Waals surface area contributed by atoms with Crippen LogP contribution in [0.15, 0.2) is 33.5 Å². The number of rotatable bonds is 6. The van der Waals surface area contributed by atoms with Gasteiger partial charge in [0, 0.05) is 17.9 Å². The Morgan fingerprint density at radius 1 is 1.17 bits per heavy atom. The predicted molar refractivity (Wildman–Crippen MR) is 83.6 cm³/mol. The summed E-state index contributed by atoms with van der Waals surface area (Å²) >= 11 is 0. The van der Waals surface area contributed by atoms with Gasteiger partial charge >= 0.3 is 17.6 Å². The largest absolute Gasteiger partial charge is 0.462 e. The van der Waals surface area contributed by atoms with Gasteiger partial charge in [0.25, 0.3) is 0 Å². The summed E-state index contributed by atoms with van der Waals surface area (Å²) in [5, 5.41) is 0.543. The Morgan fingerprint density at radius 2 is 1.96 bits per heavy atom. The lowest BCUT2D eigenvalue weighted by Gasteiger charge is -2.06. The van der Waals surface area contributed by atoms with Crippen molar-refractivity contribution in [3.05, 3.63) is 40.2 Å². The molecule has 1 aromatic heterocycles. The maximum atomic E-state index is 11.8. The number of hydrogen-bond acceptors (Lipinski definition) is 6. The number of benzene rings is 1. The highest BCUT2D eigenvalue weighted by atomic mass is 16.5. The van der Waals surface area contributed by atoms with E-state index in [0.717, 1.165) is 12.8 Å². The molecule has 0 aliphatic heterocycles. The van der Waals surface area contributed by atoms with Crippen LogP contribution >= 0.6 is 0 Å². The van der Waals surface area contributed by atoms with Gasteiger partial charge in [-0.2, -0.15) is 0 Å². The first-order chi connectivity index (χ1) is 11.0. The summed E-state index contributed by atoms with van der Waals surface area (Å²) in [6.07, 6.45) is 1.99. The van der Waals surface area contributed by atoms with E-state index >= 15 is 0 Å². The molecule has 0 radical (unpaired) electrons. The number of hydrogen-bond donors (Lipinski definition) is 0. The van der Waals surface area contributed by atoms with Gasteiger partial charge in [-0.05, 0) is 31.5 Å². The molecule has 2 aromatic rings. The first-order valence-corrected chi connectivity index (χ1v) is 7.50. The van der Waals surface area contributed by atoms with Crippen molar-refractivity contribution in [1.82, 2.24) is 0 Å². The van der Waals surface area contributed by atoms with Crippen molar-refractivity contribution in [2.45, 2.75) is 33.1 Å². The number of carbonyl (C=O) groups excluding carboxylic acids is 2. The Labute approximate surface area is 133 Å². The van der Waals surface area contributed by atoms with Gasteiger partial charge in [0.2, 0.25) is 0 Å². The molecule has 0 atom stereocenters. The second kappa shape index (κ2) is 7.58. The van der Waals surface area contributed by atoms with E-state index in [2.05, 4.69) is 0 Å². The Balaban J connectivity index is 2.27. The molecule has 0 amide bonds. The molecular formula is C17H18O6. The molecule has 0 bridgehead atoms. The first-order valence-electron chi connectivity index (χ1n) is 7.50. The van der Waals surface area contributed by atoms with E-state index in [1.54, 1.807) is 19.1 Å². The van der Waals surface area contributed by atoms with Gasteiger partial charge in [-0.3, -0.25) is 4.79 Å². The van der Waals surface area contributed by atoms with Crippen molar-refractivity contribution >= 4 is 22.9 Å². The van der Waals surface area contributed by atoms with Crippen LogP contribution in [0, 0.1) is 0 Å². The number of carbonyl (C=O) groups is 2. The summed E-state index contributed by atoms with van der Waals surface area (Å²) in [5.41, 5.74) is -0.707. The Hall–Kier alpha value is -2.63. The summed E-state index contributed by atoms with van der Waals surface area (Å²) in [6.45, 7) is 3.81. The summed E-state index contributed by atoms with van der Waals surface area (Å²) in [6, 6.07) is 6.06. The molecule has 2 rings (SSSR count). The van der Waals surface area contributed by atoms with Crippen LogP contribution in [-0.2, 0) is 9.53 Å². The molecule has 1 heterocycles. The first kappa shape index (κ1) is 16.7. The van der Waals surface area contributed by atoms with E-state index in [-0.39, 0.29) is 23.7 Å². The van der Waals surface area contributed by atoms with E-state index < -0.39 is 11.6 Å². The highest BCUT2D eigenvalue weighted by Crippen LogP contribution is 2.21. The third kappa shape index (κ3) is 4.18. The van der Waals surface area contributed by atoms with Crippen molar-refractivity contribution in [2.24, 2.45) is 0 Å². The van der Waals surface area contributed by atoms with E-state index in [4.69, 9.17) is 13.9 Å². The van der Waals surface area contributed by atoms with Crippen LogP contribution in [0.2, 0.25) is 0 Å². The molecule has 122 valence electrons. The molecular weight excluding hydrogens is 300 g/mol. The number of unbranched alkanes of at least 4 members (excludes halogenated alkanes) is 1. The van der Waals surface area contributed by atoms with Gasteiger partial charge in [-0.25, -0.2) is 9.59 Å². The van der Waals surface area contributed by atoms with E-state index in [9.17, 15) is 14.4 Å². The minimum absolute atomic E-state index is 0.160. The molecule has 6 heteroatoms. The van der Waals surface area contributed by atoms with Crippen molar-refractivity contribution in [3.8, 4) is 5.75 Å². The highest BCUT2D eigenvalue weighted by Gasteiger charge is 2.15. The van der Waals surface area contributed by atoms with E-state index in [1.807, 2.05) is 6.92 Å². The van der Waals surface area contributed by atoms with Crippen LogP contribution in [0.3, 0.4) is 0 Å². The summed E-state index contributed by atoms with van der Waals surface area (Å²) in [7, 11) is 0. The Kier molecular flexibility index (Phi) is 5.51. The predicted octanol–water partition coefficient (Wildman–Crippen LogP) is 3.07. The van der Waals surface area contributed by atoms with Crippen molar-refractivity contribution in [3.63, 3.8) is 0 Å². The second-order valence-corrected chi connectivity index (χ2v) is 4.95. The van der Waals surface area contributed by atoms with Gasteiger partial charge in [0.15, 0.2) is 0 Å². The average molecular weight is 318 g/mol. The standard InChI is InChI=1S/C17H18O6/c1-3-5-6-15(18)22-12-8-7-11-9-13(16(19)21-4-2)17(20)23-14(11)10-12/h7-10H,3-6H2,1-2H3. The molecule has 0 aliphatic rings. The molecule has 0 saturated heterocycles. The molecule has 0 unspecified atom stereocenters. The zero-order chi connectivity index (χ0) is 16.8. The van der Waals surface area contributed by atoms with Crippen LogP contribution < -0.4 is 10.4 Å². The fraction of sp³-hybridized carbons (Fsp3) is 0.353. The van der Waals surface area contributed by atoms with Crippen LogP contribution in [-0.4, -0.2) is 18.5 Å². The van der Waals surface area contributed by atoms with Gasteiger partial charge in [0.1, 0.15) is 16.9 Å². The molecule has 0 N–H and O–H groups in total. The summed E-state index contributed by atoms with van der Waals surface area (Å²) < 4.78 is 15.1. The van der Waals surface area contributed by atoms with Crippen molar-refractivity contribution in [2.75, 3.05) is 6.61 Å². The lowest BCUT2D eigenvalue weighted by molar-refractivity contribution is -0.134. The second-order valence-electron chi connectivity index (χ2n) is 4.95. The summed E-state index contributed by atoms with van der Waals surface area (Å²) in [5.74, 6) is -0.763. The number of ether oxygens (including phenoxy) is 2. The topological polar surface area (TPSA) is 82.8 Å². The maximum absolute atomic E-state index is 11.8. The average Bonchev–Trinajstić information content (AvgIpc) is 2.52. The van der Waals surface area contributed by atoms with Gasteiger partial charge in [0.05, 0.1) is 6.61 Å². The van der Waals surface area contributed by atoms with E-state index in [0.29, 0.717) is 17.6 Å². The number of fused-ring (bicyclic) bond motifs is 1. The van der Waals surface area contributed by atoms with Crippen LogP contribution in [0.5, 0.6) is 5.75 Å². The molecule has 0 saturated carbocycles. The number of esters is 2. The van der Waals surface area contributed by atoms with Gasteiger partial charge in [-0.15, -0.1) is 0 Å². The molecule has 23 heavy (non-hydrogen) atoms. The SMILES string of the molecule is CCCCC(=O)Oc1ccc2cc(C(=O)OCC)c(=O)oc2c1. The molecule has 0 fully saturated rings. The fourth-order valence-corrected chi connectivity index (χ4v) is 2.01. The zero-order valence-corrected chi connectivity index (χ0v) is 13.1. The van der Waals surface area contributed by atoms with Crippen LogP contribution in [0.1, 0.15) is 43.5 Å². The van der Waals surface area contributed by atoms with Crippen molar-refractivity contribution < 1.29 is 23.5 Å². The molecule has 0 spiro atoms. The highest BCUT2D eigenvalue weighted by molar-refractivity contribution is 5.93. The molecule has 1 aromatic carbocycles. The maximum Gasteiger partial charge on any atom is 0.351 e. The van der Waals surface area contributed by atoms with Gasteiger partial charge in [-0.1, -0.05) is 13.3 Å². The normalized spacial score (nSPS) is 10.5. The zero-order valence-electron chi connectivity index (χ0n) is 13.1. The molecule has 6 nitrogen and oxygen atoms in total. The lowest BCUT2D eigenvalue weighted by Crippen LogP contribution is -2.16. The van der Waals surface area contributed by atoms with Crippen LogP contribution in [0.25, 0.3) is 11.0 Å². The molecule has 0 aliphatic carbocycles. The smallest absolute Gasteiger partial charge is 0.351 e. The lowest BCUT2D eigenvalue weighted by atomic mass is 10.2. The Bertz CT molecular complexity index is 774. The monoisotopic (exact) mass is 318 g/mol. The minimum atomic E-state index is -0.787.